The van der Waals surface area contributed by atoms with Gasteiger partial charge in [0.1, 0.15) is 11.0 Å². The zero-order valence-electron chi connectivity index (χ0n) is 34.4. The van der Waals surface area contributed by atoms with Crippen LogP contribution in [0.4, 0.5) is 34.1 Å². The van der Waals surface area contributed by atoms with Crippen molar-refractivity contribution in [3.8, 4) is 34.0 Å². The van der Waals surface area contributed by atoms with E-state index >= 15 is 0 Å². The molecule has 0 spiro atoms. The molecule has 0 fully saturated rings. The molecule has 0 unspecified atom stereocenters. The molecule has 0 saturated heterocycles. The summed E-state index contributed by atoms with van der Waals surface area (Å²) in [7, 11) is 0. The highest BCUT2D eigenvalue weighted by atomic mass is 16.4. The highest BCUT2D eigenvalue weighted by molar-refractivity contribution is 5.89. The van der Waals surface area contributed by atoms with E-state index in [1.165, 1.54) is 33.4 Å². The van der Waals surface area contributed by atoms with Crippen LogP contribution in [0.1, 0.15) is 36.1 Å². The fourth-order valence-electron chi connectivity index (χ4n) is 8.97. The van der Waals surface area contributed by atoms with Crippen LogP contribution in [0, 0.1) is 13.8 Å². The van der Waals surface area contributed by atoms with Gasteiger partial charge >= 0.3 is 0 Å². The molecule has 11 rings (SSSR count). The van der Waals surface area contributed by atoms with Crippen molar-refractivity contribution in [2.75, 3.05) is 9.80 Å². The summed E-state index contributed by atoms with van der Waals surface area (Å²) in [6.45, 7) is 9.05. The highest BCUT2D eigenvalue weighted by Crippen LogP contribution is 2.53. The number of oxazole rings is 2. The Morgan fingerprint density at radius 3 is 1.20 bits per heavy atom. The predicted octanol–water partition coefficient (Wildman–Crippen LogP) is 15.2. The van der Waals surface area contributed by atoms with Crippen molar-refractivity contribution >= 4 is 56.3 Å². The van der Waals surface area contributed by atoms with E-state index in [0.29, 0.717) is 11.8 Å². The SMILES string of the molecule is Cc1ccccc1N(c1ccc(-c2nc3ccccc3o2)cc1)c1ccc2c(c1)C(C)(C)c1cc(N(c3ccc(-c4nc5ccccc5o4)cc3)c3ccccc3C)ccc1-2. The van der Waals surface area contributed by atoms with Gasteiger partial charge in [-0.1, -0.05) is 86.6 Å². The first-order chi connectivity index (χ1) is 29.8. The number of aromatic nitrogens is 2. The highest BCUT2D eigenvalue weighted by Gasteiger charge is 2.37. The van der Waals surface area contributed by atoms with Crippen molar-refractivity contribution < 1.29 is 8.83 Å². The van der Waals surface area contributed by atoms with Gasteiger partial charge in [-0.05, 0) is 156 Å². The molecule has 8 aromatic carbocycles. The van der Waals surface area contributed by atoms with Crippen molar-refractivity contribution in [3.05, 3.63) is 204 Å². The first-order valence-corrected chi connectivity index (χ1v) is 20.7. The second-order valence-electron chi connectivity index (χ2n) is 16.4. The second kappa shape index (κ2) is 14.2. The zero-order valence-corrected chi connectivity index (χ0v) is 34.4. The number of hydrogen-bond acceptors (Lipinski definition) is 6. The van der Waals surface area contributed by atoms with Gasteiger partial charge in [0.25, 0.3) is 0 Å². The van der Waals surface area contributed by atoms with E-state index in [9.17, 15) is 0 Å². The third kappa shape index (κ3) is 6.18. The number of benzene rings is 8. The minimum absolute atomic E-state index is 0.279. The molecular weight excluding hydrogens is 749 g/mol. The molecule has 0 aliphatic heterocycles. The number of para-hydroxylation sites is 6. The van der Waals surface area contributed by atoms with Crippen molar-refractivity contribution in [3.63, 3.8) is 0 Å². The molecular formula is C55H42N4O2. The van der Waals surface area contributed by atoms with Crippen LogP contribution in [0.2, 0.25) is 0 Å². The first-order valence-electron chi connectivity index (χ1n) is 20.7. The van der Waals surface area contributed by atoms with Gasteiger partial charge in [-0.25, -0.2) is 9.97 Å². The molecule has 1 aliphatic rings. The maximum absolute atomic E-state index is 6.12. The lowest BCUT2D eigenvalue weighted by atomic mass is 9.82. The molecule has 6 heteroatoms. The number of anilines is 6. The minimum Gasteiger partial charge on any atom is -0.436 e. The molecule has 10 aromatic rings. The van der Waals surface area contributed by atoms with Crippen LogP contribution in [0.15, 0.2) is 191 Å². The molecule has 0 atom stereocenters. The monoisotopic (exact) mass is 790 g/mol. The third-order valence-electron chi connectivity index (χ3n) is 12.2. The topological polar surface area (TPSA) is 58.5 Å². The summed E-state index contributed by atoms with van der Waals surface area (Å²) in [6.07, 6.45) is 0. The summed E-state index contributed by atoms with van der Waals surface area (Å²) in [6, 6.07) is 63.9. The molecule has 0 saturated carbocycles. The molecule has 2 heterocycles. The summed E-state index contributed by atoms with van der Waals surface area (Å²) < 4.78 is 12.2. The van der Waals surface area contributed by atoms with Gasteiger partial charge in [-0.3, -0.25) is 0 Å². The number of nitrogens with zero attached hydrogens (tertiary/aromatic N) is 4. The quantitative estimate of drug-likeness (QED) is 0.153. The van der Waals surface area contributed by atoms with E-state index in [1.807, 2.05) is 48.5 Å². The van der Waals surface area contributed by atoms with Gasteiger partial charge in [-0.2, -0.15) is 0 Å². The summed E-state index contributed by atoms with van der Waals surface area (Å²) in [5.41, 5.74) is 18.9. The number of rotatable bonds is 8. The van der Waals surface area contributed by atoms with Crippen molar-refractivity contribution in [2.24, 2.45) is 0 Å². The zero-order chi connectivity index (χ0) is 41.2. The molecule has 61 heavy (non-hydrogen) atoms. The van der Waals surface area contributed by atoms with Crippen LogP contribution in [0.25, 0.3) is 56.2 Å². The fraction of sp³-hybridized carbons (Fsp3) is 0.0909. The normalized spacial score (nSPS) is 12.7. The van der Waals surface area contributed by atoms with Gasteiger partial charge in [0, 0.05) is 50.7 Å². The molecule has 0 radical (unpaired) electrons. The summed E-state index contributed by atoms with van der Waals surface area (Å²) in [5, 5.41) is 0. The van der Waals surface area contributed by atoms with Crippen molar-refractivity contribution in [1.82, 2.24) is 9.97 Å². The molecule has 6 nitrogen and oxygen atoms in total. The van der Waals surface area contributed by atoms with Gasteiger partial charge in [-0.15, -0.1) is 0 Å². The Morgan fingerprint density at radius 1 is 0.410 bits per heavy atom. The van der Waals surface area contributed by atoms with Crippen LogP contribution in [0.5, 0.6) is 0 Å². The van der Waals surface area contributed by atoms with Crippen LogP contribution in [-0.4, -0.2) is 9.97 Å². The lowest BCUT2D eigenvalue weighted by Crippen LogP contribution is -2.18. The molecule has 0 amide bonds. The maximum Gasteiger partial charge on any atom is 0.227 e. The van der Waals surface area contributed by atoms with E-state index in [1.54, 1.807) is 0 Å². The summed E-state index contributed by atoms with van der Waals surface area (Å²) >= 11 is 0. The number of hydrogen-bond donors (Lipinski definition) is 0. The van der Waals surface area contributed by atoms with Crippen LogP contribution >= 0.6 is 0 Å². The Morgan fingerprint density at radius 2 is 0.787 bits per heavy atom. The number of fused-ring (bicyclic) bond motifs is 5. The maximum atomic E-state index is 6.12. The molecule has 2 aromatic heterocycles. The Bertz CT molecular complexity index is 2980. The summed E-state index contributed by atoms with van der Waals surface area (Å²) in [4.78, 5) is 14.2. The second-order valence-corrected chi connectivity index (χ2v) is 16.4. The predicted molar refractivity (Wildman–Crippen MR) is 249 cm³/mol. The van der Waals surface area contributed by atoms with Crippen molar-refractivity contribution in [1.29, 1.82) is 0 Å². The molecule has 1 aliphatic carbocycles. The van der Waals surface area contributed by atoms with Gasteiger partial charge < -0.3 is 18.6 Å². The lowest BCUT2D eigenvalue weighted by molar-refractivity contribution is 0.619. The van der Waals surface area contributed by atoms with E-state index in [-0.39, 0.29) is 5.41 Å². The Kier molecular flexibility index (Phi) is 8.50. The van der Waals surface area contributed by atoms with Gasteiger partial charge in [0.05, 0.1) is 0 Å². The Hall–Kier alpha value is -7.70. The van der Waals surface area contributed by atoms with Crippen LogP contribution in [0.3, 0.4) is 0 Å². The smallest absolute Gasteiger partial charge is 0.227 e. The van der Waals surface area contributed by atoms with Gasteiger partial charge in [0.15, 0.2) is 11.2 Å². The number of aryl methyl sites for hydroxylation is 2. The van der Waals surface area contributed by atoms with E-state index in [4.69, 9.17) is 18.8 Å². The molecule has 0 N–H and O–H groups in total. The largest absolute Gasteiger partial charge is 0.436 e. The van der Waals surface area contributed by atoms with E-state index in [0.717, 1.165) is 67.5 Å². The standard InChI is InChI=1S/C55H42N4O2/c1-35-13-5-9-17-49(35)58(39-25-21-37(22-26-39)53-56-47-15-7-11-19-51(47)60-53)41-29-31-43-44-32-30-42(34-46(44)55(3,4)45(43)33-41)59(50-18-10-6-14-36(50)2)40-27-23-38(24-28-40)54-57-48-16-8-12-20-52(48)61-54/h5-34H,1-4H3. The lowest BCUT2D eigenvalue weighted by Gasteiger charge is -2.30. The van der Waals surface area contributed by atoms with Crippen molar-refractivity contribution in [2.45, 2.75) is 33.1 Å². The van der Waals surface area contributed by atoms with Crippen LogP contribution < -0.4 is 9.80 Å². The van der Waals surface area contributed by atoms with Crippen LogP contribution in [-0.2, 0) is 5.41 Å². The average molecular weight is 791 g/mol. The Balaban J connectivity index is 0.968. The fourth-order valence-corrected chi connectivity index (χ4v) is 8.97. The third-order valence-corrected chi connectivity index (χ3v) is 12.2. The summed E-state index contributed by atoms with van der Waals surface area (Å²) in [5.74, 6) is 1.23. The minimum atomic E-state index is -0.279. The van der Waals surface area contributed by atoms with Gasteiger partial charge in [0.2, 0.25) is 11.8 Å². The van der Waals surface area contributed by atoms with E-state index in [2.05, 4.69) is 171 Å². The molecule has 0 bridgehead atoms. The molecule has 294 valence electrons. The first kappa shape index (κ1) is 36.4. The Labute approximate surface area is 355 Å². The van der Waals surface area contributed by atoms with E-state index < -0.39 is 0 Å². The average Bonchev–Trinajstić information content (AvgIpc) is 3.99.